The number of allylic oxidation sites excluding steroid dienone is 1. The van der Waals surface area contributed by atoms with Crippen LogP contribution >= 0.6 is 0 Å². The highest BCUT2D eigenvalue weighted by molar-refractivity contribution is 6.02. The van der Waals surface area contributed by atoms with E-state index in [0.29, 0.717) is 17.8 Å². The highest BCUT2D eigenvalue weighted by Gasteiger charge is 2.47. The van der Waals surface area contributed by atoms with Crippen molar-refractivity contribution in [3.63, 3.8) is 0 Å². The topological polar surface area (TPSA) is 96.3 Å². The van der Waals surface area contributed by atoms with E-state index in [4.69, 9.17) is 0 Å². The Balaban J connectivity index is 1.33. The lowest BCUT2D eigenvalue weighted by Crippen LogP contribution is -2.59. The Morgan fingerprint density at radius 3 is 2.45 bits per heavy atom. The number of hydrogen-bond donors (Lipinski definition) is 2. The number of rotatable bonds is 9. The normalized spacial score (nSPS) is 19.3. The molecule has 0 radical (unpaired) electrons. The number of likely N-dealkylation sites (tertiary alicyclic amines) is 1. The van der Waals surface area contributed by atoms with Gasteiger partial charge in [0, 0.05) is 12.7 Å². The molecule has 8 nitrogen and oxygen atoms in total. The first-order chi connectivity index (χ1) is 18.1. The van der Waals surface area contributed by atoms with Gasteiger partial charge in [-0.3, -0.25) is 19.1 Å². The molecule has 2 aliphatic carbocycles. The Bertz CT molecular complexity index is 1300. The second kappa shape index (κ2) is 9.92. The Morgan fingerprint density at radius 1 is 1.16 bits per heavy atom. The molecule has 1 aromatic carbocycles. The second-order valence-electron chi connectivity index (χ2n) is 10.3. The number of nitrogens with one attached hydrogen (secondary N) is 2. The number of amides is 3. The van der Waals surface area contributed by atoms with Crippen LogP contribution in [0.15, 0.2) is 41.6 Å². The number of alkyl halides is 2. The molecule has 38 heavy (non-hydrogen) atoms. The van der Waals surface area contributed by atoms with E-state index in [1.807, 2.05) is 6.92 Å². The lowest BCUT2D eigenvalue weighted by atomic mass is 9.96. The number of hydrogen-bond acceptors (Lipinski definition) is 4. The number of aryl methyl sites for hydroxylation is 1. The van der Waals surface area contributed by atoms with Crippen molar-refractivity contribution < 1.29 is 27.6 Å². The standard InChI is InChI=1S/C27H30F3N5O3/c1-3-35-21(10-11-31-35)24(36)33-23(22(16-4-5-16)17-6-7-17)25(37)32-20-9-8-18(12-19(20)28)15(2)26(38)34-13-27(29,30)14-34/h8-12,15-16,23H,3-7,13-14H2,1-2H3,(H,32,37)(H,33,36)/t15-,23-/m0/s1. The van der Waals surface area contributed by atoms with Crippen LogP contribution < -0.4 is 10.6 Å². The summed E-state index contributed by atoms with van der Waals surface area (Å²) in [7, 11) is 0. The first kappa shape index (κ1) is 26.0. The number of carbonyl (C=O) groups is 3. The molecule has 1 aliphatic heterocycles. The van der Waals surface area contributed by atoms with Crippen molar-refractivity contribution in [3.8, 4) is 0 Å². The number of carbonyl (C=O) groups excluding carboxylic acids is 3. The molecule has 3 amide bonds. The van der Waals surface area contributed by atoms with E-state index in [0.717, 1.165) is 47.8 Å². The summed E-state index contributed by atoms with van der Waals surface area (Å²) in [6.45, 7) is 2.59. The van der Waals surface area contributed by atoms with E-state index < -0.39 is 54.5 Å². The lowest BCUT2D eigenvalue weighted by molar-refractivity contribution is -0.166. The fourth-order valence-electron chi connectivity index (χ4n) is 4.93. The minimum Gasteiger partial charge on any atom is -0.335 e. The highest BCUT2D eigenvalue weighted by atomic mass is 19.3. The van der Waals surface area contributed by atoms with Crippen LogP contribution in [0.25, 0.3) is 0 Å². The van der Waals surface area contributed by atoms with Crippen LogP contribution in [0.4, 0.5) is 18.9 Å². The van der Waals surface area contributed by atoms with Gasteiger partial charge in [0.15, 0.2) is 0 Å². The van der Waals surface area contributed by atoms with E-state index in [1.54, 1.807) is 6.07 Å². The average Bonchev–Trinajstić information content (AvgIpc) is 3.81. The maximum absolute atomic E-state index is 15.1. The summed E-state index contributed by atoms with van der Waals surface area (Å²) in [6, 6.07) is 4.60. The van der Waals surface area contributed by atoms with E-state index in [1.165, 1.54) is 29.9 Å². The molecule has 2 N–H and O–H groups in total. The number of aromatic nitrogens is 2. The van der Waals surface area contributed by atoms with E-state index >= 15 is 4.39 Å². The van der Waals surface area contributed by atoms with Crippen molar-refractivity contribution >= 4 is 23.4 Å². The predicted molar refractivity (Wildman–Crippen MR) is 133 cm³/mol. The molecule has 2 atom stereocenters. The second-order valence-corrected chi connectivity index (χ2v) is 10.3. The van der Waals surface area contributed by atoms with Gasteiger partial charge in [0.1, 0.15) is 17.6 Å². The quantitative estimate of drug-likeness (QED) is 0.483. The first-order valence-electron chi connectivity index (χ1n) is 12.9. The summed E-state index contributed by atoms with van der Waals surface area (Å²) in [5.41, 5.74) is 2.60. The van der Waals surface area contributed by atoms with Gasteiger partial charge in [-0.05, 0) is 74.8 Å². The Hall–Kier alpha value is -3.63. The first-order valence-corrected chi connectivity index (χ1v) is 12.9. The molecule has 3 fully saturated rings. The van der Waals surface area contributed by atoms with Crippen LogP contribution in [-0.4, -0.2) is 57.5 Å². The molecule has 11 heteroatoms. The van der Waals surface area contributed by atoms with Crippen molar-refractivity contribution in [2.75, 3.05) is 18.4 Å². The van der Waals surface area contributed by atoms with Crippen molar-refractivity contribution in [2.45, 2.75) is 64.0 Å². The fourth-order valence-corrected chi connectivity index (χ4v) is 4.93. The SMILES string of the molecule is CCn1nccc1C(=O)N[C@H](C(=O)Nc1ccc([C@H](C)C(=O)N2CC(F)(F)C2)cc1F)C(=C1CC1)C1CC1. The third-order valence-corrected chi connectivity index (χ3v) is 7.30. The van der Waals surface area contributed by atoms with E-state index in [2.05, 4.69) is 15.7 Å². The molecule has 2 aromatic rings. The smallest absolute Gasteiger partial charge is 0.282 e. The molecule has 5 rings (SSSR count). The molecule has 3 aliphatic rings. The van der Waals surface area contributed by atoms with Crippen molar-refractivity contribution in [1.82, 2.24) is 20.0 Å². The molecule has 1 saturated heterocycles. The molecule has 202 valence electrons. The Labute approximate surface area is 218 Å². The van der Waals surface area contributed by atoms with Gasteiger partial charge in [-0.2, -0.15) is 5.10 Å². The molecule has 2 heterocycles. The van der Waals surface area contributed by atoms with Gasteiger partial charge in [-0.1, -0.05) is 11.6 Å². The van der Waals surface area contributed by atoms with E-state index in [-0.39, 0.29) is 11.6 Å². The van der Waals surface area contributed by atoms with Gasteiger partial charge < -0.3 is 15.5 Å². The van der Waals surface area contributed by atoms with Gasteiger partial charge in [0.05, 0.1) is 24.7 Å². The molecule has 2 saturated carbocycles. The maximum Gasteiger partial charge on any atom is 0.282 e. The van der Waals surface area contributed by atoms with Crippen LogP contribution in [0, 0.1) is 11.7 Å². The highest BCUT2D eigenvalue weighted by Crippen LogP contribution is 2.46. The number of nitrogens with zero attached hydrogens (tertiary/aromatic N) is 3. The monoisotopic (exact) mass is 529 g/mol. The van der Waals surface area contributed by atoms with Crippen molar-refractivity contribution in [3.05, 3.63) is 58.7 Å². The van der Waals surface area contributed by atoms with Crippen LogP contribution in [0.2, 0.25) is 0 Å². The van der Waals surface area contributed by atoms with Gasteiger partial charge in [-0.25, -0.2) is 13.2 Å². The maximum atomic E-state index is 15.1. The molecule has 0 spiro atoms. The van der Waals surface area contributed by atoms with Crippen molar-refractivity contribution in [1.29, 1.82) is 0 Å². The van der Waals surface area contributed by atoms with Crippen LogP contribution in [0.1, 0.15) is 61.5 Å². The minimum atomic E-state index is -2.88. The zero-order valence-corrected chi connectivity index (χ0v) is 21.3. The van der Waals surface area contributed by atoms with Crippen LogP contribution in [0.5, 0.6) is 0 Å². The summed E-state index contributed by atoms with van der Waals surface area (Å²) in [5.74, 6) is -5.75. The largest absolute Gasteiger partial charge is 0.335 e. The van der Waals surface area contributed by atoms with Gasteiger partial charge in [-0.15, -0.1) is 0 Å². The Morgan fingerprint density at radius 2 is 1.87 bits per heavy atom. The number of anilines is 1. The average molecular weight is 530 g/mol. The lowest BCUT2D eigenvalue weighted by Gasteiger charge is -2.40. The summed E-state index contributed by atoms with van der Waals surface area (Å²) < 4.78 is 42.9. The van der Waals surface area contributed by atoms with Gasteiger partial charge >= 0.3 is 0 Å². The molecular formula is C27H30F3N5O3. The molecule has 0 bridgehead atoms. The van der Waals surface area contributed by atoms with E-state index in [9.17, 15) is 23.2 Å². The molecule has 1 aromatic heterocycles. The molecular weight excluding hydrogens is 499 g/mol. The Kier molecular flexibility index (Phi) is 6.79. The zero-order valence-electron chi connectivity index (χ0n) is 21.3. The summed E-state index contributed by atoms with van der Waals surface area (Å²) >= 11 is 0. The number of benzene rings is 1. The zero-order chi connectivity index (χ0) is 27.2. The summed E-state index contributed by atoms with van der Waals surface area (Å²) in [4.78, 5) is 40.1. The van der Waals surface area contributed by atoms with Crippen molar-refractivity contribution in [2.24, 2.45) is 5.92 Å². The predicted octanol–water partition coefficient (Wildman–Crippen LogP) is 3.86. The van der Waals surface area contributed by atoms with Crippen LogP contribution in [0.3, 0.4) is 0 Å². The third-order valence-electron chi connectivity index (χ3n) is 7.30. The minimum absolute atomic E-state index is 0.0947. The van der Waals surface area contributed by atoms with Crippen LogP contribution in [-0.2, 0) is 16.1 Å². The molecule has 0 unspecified atom stereocenters. The fraction of sp³-hybridized carbons (Fsp3) is 0.481. The van der Waals surface area contributed by atoms with Gasteiger partial charge in [0.2, 0.25) is 5.91 Å². The third kappa shape index (κ3) is 5.32. The summed E-state index contributed by atoms with van der Waals surface area (Å²) in [6.07, 6.45) is 5.13. The van der Waals surface area contributed by atoms with Gasteiger partial charge in [0.25, 0.3) is 17.7 Å². The number of halogens is 3. The summed E-state index contributed by atoms with van der Waals surface area (Å²) in [5, 5.41) is 9.57.